The summed E-state index contributed by atoms with van der Waals surface area (Å²) < 4.78 is 5.13. The summed E-state index contributed by atoms with van der Waals surface area (Å²) >= 11 is 6.11. The molecule has 0 spiro atoms. The molecule has 5 rings (SSSR count). The van der Waals surface area contributed by atoms with Crippen LogP contribution in [-0.2, 0) is 11.2 Å². The van der Waals surface area contributed by atoms with E-state index in [1.165, 1.54) is 0 Å². The van der Waals surface area contributed by atoms with Crippen LogP contribution in [0, 0.1) is 0 Å². The maximum Gasteiger partial charge on any atom is 0.255 e. The molecule has 3 aromatic carbocycles. The molecule has 0 saturated heterocycles. The van der Waals surface area contributed by atoms with Gasteiger partial charge in [-0.25, -0.2) is 9.97 Å². The maximum absolute atomic E-state index is 12.6. The van der Waals surface area contributed by atoms with Gasteiger partial charge in [-0.15, -0.1) is 0 Å². The Bertz CT molecular complexity index is 1420. The molecule has 8 nitrogen and oxygen atoms in total. The van der Waals surface area contributed by atoms with E-state index in [9.17, 15) is 9.59 Å². The molecule has 35 heavy (non-hydrogen) atoms. The van der Waals surface area contributed by atoms with Crippen LogP contribution in [0.15, 0.2) is 72.9 Å². The van der Waals surface area contributed by atoms with Crippen LogP contribution in [0.2, 0.25) is 5.02 Å². The maximum atomic E-state index is 12.6. The molecule has 0 saturated carbocycles. The average Bonchev–Trinajstić information content (AvgIpc) is 2.99. The number of benzene rings is 3. The smallest absolute Gasteiger partial charge is 0.255 e. The lowest BCUT2D eigenvalue weighted by Crippen LogP contribution is -2.12. The topological polar surface area (TPSA) is 105 Å². The second kappa shape index (κ2) is 9.44. The summed E-state index contributed by atoms with van der Waals surface area (Å²) in [7, 11) is 1.59. The number of methoxy groups -OCH3 is 1. The molecular formula is C26H20ClN5O3. The Hall–Kier alpha value is -4.43. The van der Waals surface area contributed by atoms with Crippen molar-refractivity contribution >= 4 is 46.4 Å². The Morgan fingerprint density at radius 2 is 1.77 bits per heavy atom. The van der Waals surface area contributed by atoms with Crippen molar-refractivity contribution in [3.05, 3.63) is 89.1 Å². The van der Waals surface area contributed by atoms with Gasteiger partial charge in [0.1, 0.15) is 5.75 Å². The summed E-state index contributed by atoms with van der Waals surface area (Å²) in [5.41, 5.74) is 4.65. The average molecular weight is 486 g/mol. The third-order valence-electron chi connectivity index (χ3n) is 5.48. The van der Waals surface area contributed by atoms with Gasteiger partial charge in [-0.1, -0.05) is 11.6 Å². The highest BCUT2D eigenvalue weighted by Crippen LogP contribution is 2.34. The first kappa shape index (κ1) is 22.4. The number of nitrogens with one attached hydrogen (secondary N) is 3. The minimum absolute atomic E-state index is 0.153. The summed E-state index contributed by atoms with van der Waals surface area (Å²) in [6, 6.07) is 19.4. The van der Waals surface area contributed by atoms with Crippen molar-refractivity contribution in [3.8, 4) is 17.0 Å². The van der Waals surface area contributed by atoms with Crippen molar-refractivity contribution < 1.29 is 14.3 Å². The van der Waals surface area contributed by atoms with E-state index >= 15 is 0 Å². The quantitative estimate of drug-likeness (QED) is 0.354. The number of anilines is 4. The molecule has 1 aromatic heterocycles. The second-order valence-corrected chi connectivity index (χ2v) is 8.30. The van der Waals surface area contributed by atoms with Crippen molar-refractivity contribution in [2.45, 2.75) is 6.42 Å². The molecule has 1 aliphatic heterocycles. The van der Waals surface area contributed by atoms with Crippen molar-refractivity contribution in [1.82, 2.24) is 9.97 Å². The summed E-state index contributed by atoms with van der Waals surface area (Å²) in [4.78, 5) is 33.8. The first-order valence-electron chi connectivity index (χ1n) is 10.8. The van der Waals surface area contributed by atoms with Gasteiger partial charge < -0.3 is 20.7 Å². The van der Waals surface area contributed by atoms with E-state index in [0.29, 0.717) is 45.0 Å². The number of fused-ring (bicyclic) bond motifs is 3. The summed E-state index contributed by atoms with van der Waals surface area (Å²) in [6.45, 7) is 0. The lowest BCUT2D eigenvalue weighted by molar-refractivity contribution is -0.115. The Morgan fingerprint density at radius 3 is 2.51 bits per heavy atom. The molecule has 2 heterocycles. The molecule has 0 bridgehead atoms. The highest BCUT2D eigenvalue weighted by molar-refractivity contribution is 6.31. The van der Waals surface area contributed by atoms with Crippen LogP contribution in [0.5, 0.6) is 5.75 Å². The summed E-state index contributed by atoms with van der Waals surface area (Å²) in [6.07, 6.45) is 1.81. The zero-order chi connectivity index (χ0) is 24.4. The van der Waals surface area contributed by atoms with E-state index in [-0.39, 0.29) is 18.2 Å². The Balaban J connectivity index is 1.33. The molecule has 0 fully saturated rings. The van der Waals surface area contributed by atoms with Gasteiger partial charge in [0.15, 0.2) is 0 Å². The number of nitrogens with zero attached hydrogens (tertiary/aromatic N) is 2. The lowest BCUT2D eigenvalue weighted by Gasteiger charge is -2.11. The summed E-state index contributed by atoms with van der Waals surface area (Å²) in [5.74, 6) is 0.707. The normalized spacial score (nSPS) is 12.0. The van der Waals surface area contributed by atoms with Gasteiger partial charge in [-0.2, -0.15) is 0 Å². The molecule has 9 heteroatoms. The van der Waals surface area contributed by atoms with Gasteiger partial charge in [-0.05, 0) is 66.7 Å². The predicted molar refractivity (Wildman–Crippen MR) is 135 cm³/mol. The van der Waals surface area contributed by atoms with E-state index in [0.717, 1.165) is 11.1 Å². The van der Waals surface area contributed by atoms with Crippen molar-refractivity contribution in [2.24, 2.45) is 0 Å². The number of amides is 2. The molecule has 0 radical (unpaired) electrons. The van der Waals surface area contributed by atoms with Gasteiger partial charge in [0.2, 0.25) is 11.9 Å². The SMILES string of the molecule is COc1ccc(NC(=O)c2ccc(Nc3ncc4c(n3)-c3ccc(Cl)cc3NC(=O)C4)cc2)cc1. The van der Waals surface area contributed by atoms with Crippen molar-refractivity contribution in [1.29, 1.82) is 0 Å². The standard InChI is InChI=1S/C26H20ClN5O3/c1-35-20-9-7-18(8-10-20)29-25(34)15-2-5-19(6-3-15)30-26-28-14-16-12-23(33)31-22-13-17(27)4-11-21(22)24(16)32-26/h2-11,13-14H,12H2,1H3,(H,29,34)(H,31,33)(H,28,30,32). The summed E-state index contributed by atoms with van der Waals surface area (Å²) in [5, 5.41) is 9.40. The molecule has 0 atom stereocenters. The van der Waals surface area contributed by atoms with Gasteiger partial charge in [0.25, 0.3) is 5.91 Å². The van der Waals surface area contributed by atoms with Crippen molar-refractivity contribution in [3.63, 3.8) is 0 Å². The fraction of sp³-hybridized carbons (Fsp3) is 0.0769. The molecule has 1 aliphatic rings. The second-order valence-electron chi connectivity index (χ2n) is 7.87. The number of ether oxygens (including phenoxy) is 1. The molecule has 174 valence electrons. The zero-order valence-electron chi connectivity index (χ0n) is 18.6. The van der Waals surface area contributed by atoms with Crippen LogP contribution < -0.4 is 20.7 Å². The number of halogens is 1. The zero-order valence-corrected chi connectivity index (χ0v) is 19.4. The van der Waals surface area contributed by atoms with E-state index in [1.807, 2.05) is 6.07 Å². The van der Waals surface area contributed by atoms with Crippen molar-refractivity contribution in [2.75, 3.05) is 23.1 Å². The largest absolute Gasteiger partial charge is 0.497 e. The third kappa shape index (κ3) is 4.92. The molecule has 4 aromatic rings. The monoisotopic (exact) mass is 485 g/mol. The molecule has 0 aliphatic carbocycles. The Labute approximate surface area is 206 Å². The van der Waals surface area contributed by atoms with Crippen LogP contribution >= 0.6 is 11.6 Å². The van der Waals surface area contributed by atoms with Crippen LogP contribution in [0.4, 0.5) is 23.0 Å². The number of hydrogen-bond acceptors (Lipinski definition) is 6. The number of rotatable bonds is 5. The number of carbonyl (C=O) groups is 2. The van der Waals surface area contributed by atoms with Gasteiger partial charge >= 0.3 is 0 Å². The minimum atomic E-state index is -0.226. The fourth-order valence-electron chi connectivity index (χ4n) is 3.73. The number of aromatic nitrogens is 2. The predicted octanol–water partition coefficient (Wildman–Crippen LogP) is 5.30. The highest BCUT2D eigenvalue weighted by Gasteiger charge is 2.21. The van der Waals surface area contributed by atoms with Crippen LogP contribution in [0.3, 0.4) is 0 Å². The Kier molecular flexibility index (Phi) is 6.03. The van der Waals surface area contributed by atoms with E-state index in [2.05, 4.69) is 25.9 Å². The van der Waals surface area contributed by atoms with Gasteiger partial charge in [0.05, 0.1) is 24.9 Å². The van der Waals surface area contributed by atoms with E-state index in [1.54, 1.807) is 74.0 Å². The van der Waals surface area contributed by atoms with Crippen LogP contribution in [0.25, 0.3) is 11.3 Å². The highest BCUT2D eigenvalue weighted by atomic mass is 35.5. The van der Waals surface area contributed by atoms with Crippen LogP contribution in [0.1, 0.15) is 15.9 Å². The first-order valence-corrected chi connectivity index (χ1v) is 11.1. The number of carbonyl (C=O) groups excluding carboxylic acids is 2. The van der Waals surface area contributed by atoms with Crippen LogP contribution in [-0.4, -0.2) is 28.9 Å². The molecule has 3 N–H and O–H groups in total. The van der Waals surface area contributed by atoms with Gasteiger partial charge in [-0.3, -0.25) is 9.59 Å². The minimum Gasteiger partial charge on any atom is -0.497 e. The first-order chi connectivity index (χ1) is 17.0. The molecule has 0 unspecified atom stereocenters. The number of hydrogen-bond donors (Lipinski definition) is 3. The Morgan fingerprint density at radius 1 is 1.03 bits per heavy atom. The lowest BCUT2D eigenvalue weighted by atomic mass is 10.1. The fourth-order valence-corrected chi connectivity index (χ4v) is 3.91. The third-order valence-corrected chi connectivity index (χ3v) is 5.71. The van der Waals surface area contributed by atoms with Gasteiger partial charge in [0, 0.05) is 39.3 Å². The van der Waals surface area contributed by atoms with E-state index in [4.69, 9.17) is 16.3 Å². The molecular weight excluding hydrogens is 466 g/mol. The molecule has 2 amide bonds. The van der Waals surface area contributed by atoms with E-state index < -0.39 is 0 Å².